The van der Waals surface area contributed by atoms with E-state index in [1.54, 1.807) is 4.88 Å². The van der Waals surface area contributed by atoms with Crippen LogP contribution in [-0.4, -0.2) is 30.1 Å². The molecule has 3 atom stereocenters. The Kier molecular flexibility index (Phi) is 6.06. The molecule has 0 saturated carbocycles. The molecule has 0 aliphatic carbocycles. The Morgan fingerprint density at radius 3 is 2.85 bits per heavy atom. The monoisotopic (exact) mass is 294 g/mol. The fourth-order valence-electron chi connectivity index (χ4n) is 3.34. The van der Waals surface area contributed by atoms with Crippen LogP contribution in [0.5, 0.6) is 0 Å². The van der Waals surface area contributed by atoms with Crippen molar-refractivity contribution in [3.8, 4) is 0 Å². The number of hydrogen-bond donors (Lipinski definition) is 1. The van der Waals surface area contributed by atoms with Crippen molar-refractivity contribution < 1.29 is 0 Å². The predicted molar refractivity (Wildman–Crippen MR) is 89.4 cm³/mol. The highest BCUT2D eigenvalue weighted by atomic mass is 32.1. The van der Waals surface area contributed by atoms with Gasteiger partial charge in [-0.25, -0.2) is 0 Å². The summed E-state index contributed by atoms with van der Waals surface area (Å²) in [7, 11) is 0. The van der Waals surface area contributed by atoms with Gasteiger partial charge in [0.2, 0.25) is 0 Å². The SMILES string of the molecule is CCCC(c1cccs1)N1CC(CC(C)C)NCC1C. The summed E-state index contributed by atoms with van der Waals surface area (Å²) in [6.45, 7) is 11.7. The Morgan fingerprint density at radius 1 is 1.45 bits per heavy atom. The van der Waals surface area contributed by atoms with Crippen LogP contribution in [0.25, 0.3) is 0 Å². The Hall–Kier alpha value is -0.380. The van der Waals surface area contributed by atoms with E-state index in [-0.39, 0.29) is 0 Å². The summed E-state index contributed by atoms with van der Waals surface area (Å²) in [5, 5.41) is 5.95. The first-order chi connectivity index (χ1) is 9.61. The fraction of sp³-hybridized carbons (Fsp3) is 0.765. The first-order valence-electron chi connectivity index (χ1n) is 8.14. The minimum atomic E-state index is 0.617. The molecule has 0 aromatic carbocycles. The van der Waals surface area contributed by atoms with Crippen molar-refractivity contribution in [1.29, 1.82) is 0 Å². The average molecular weight is 295 g/mol. The number of nitrogens with one attached hydrogen (secondary N) is 1. The minimum Gasteiger partial charge on any atom is -0.311 e. The number of thiophene rings is 1. The maximum atomic E-state index is 3.73. The van der Waals surface area contributed by atoms with Gasteiger partial charge in [-0.1, -0.05) is 33.3 Å². The second-order valence-electron chi connectivity index (χ2n) is 6.60. The molecular formula is C17H30N2S. The summed E-state index contributed by atoms with van der Waals surface area (Å²) in [6, 6.07) is 6.42. The molecule has 3 unspecified atom stereocenters. The minimum absolute atomic E-state index is 0.617. The quantitative estimate of drug-likeness (QED) is 0.841. The summed E-state index contributed by atoms with van der Waals surface area (Å²) < 4.78 is 0. The topological polar surface area (TPSA) is 15.3 Å². The zero-order chi connectivity index (χ0) is 14.5. The first kappa shape index (κ1) is 16.0. The lowest BCUT2D eigenvalue weighted by molar-refractivity contribution is 0.0808. The second-order valence-corrected chi connectivity index (χ2v) is 7.58. The molecule has 2 nitrogen and oxygen atoms in total. The van der Waals surface area contributed by atoms with Crippen molar-refractivity contribution >= 4 is 11.3 Å². The second kappa shape index (κ2) is 7.58. The third kappa shape index (κ3) is 4.06. The zero-order valence-electron chi connectivity index (χ0n) is 13.4. The van der Waals surface area contributed by atoms with Gasteiger partial charge in [-0.3, -0.25) is 4.90 Å². The molecule has 0 bridgehead atoms. The number of nitrogens with zero attached hydrogens (tertiary/aromatic N) is 1. The van der Waals surface area contributed by atoms with E-state index in [4.69, 9.17) is 0 Å². The normalized spacial score (nSPS) is 26.1. The number of rotatable bonds is 6. The molecule has 1 fully saturated rings. The van der Waals surface area contributed by atoms with E-state index in [1.807, 2.05) is 11.3 Å². The molecule has 1 N–H and O–H groups in total. The molecule has 2 rings (SSSR count). The molecule has 20 heavy (non-hydrogen) atoms. The van der Waals surface area contributed by atoms with Gasteiger partial charge in [-0.2, -0.15) is 0 Å². The molecule has 1 saturated heterocycles. The molecule has 1 aromatic heterocycles. The standard InChI is InChI=1S/C17H30N2S/c1-5-7-16(17-8-6-9-20-17)19-12-15(10-13(2)3)18-11-14(19)4/h6,8-9,13-16,18H,5,7,10-12H2,1-4H3. The van der Waals surface area contributed by atoms with Crippen LogP contribution in [-0.2, 0) is 0 Å². The van der Waals surface area contributed by atoms with Crippen molar-refractivity contribution in [3.05, 3.63) is 22.4 Å². The van der Waals surface area contributed by atoms with E-state index in [0.717, 1.165) is 12.5 Å². The summed E-state index contributed by atoms with van der Waals surface area (Å²) in [5.74, 6) is 0.772. The van der Waals surface area contributed by atoms with Crippen molar-refractivity contribution in [2.75, 3.05) is 13.1 Å². The van der Waals surface area contributed by atoms with E-state index in [0.29, 0.717) is 18.1 Å². The molecule has 114 valence electrons. The molecule has 1 aliphatic rings. The van der Waals surface area contributed by atoms with Gasteiger partial charge < -0.3 is 5.32 Å². The predicted octanol–water partition coefficient (Wildman–Crippen LogP) is 4.30. The highest BCUT2D eigenvalue weighted by Gasteiger charge is 2.31. The molecule has 2 heterocycles. The van der Waals surface area contributed by atoms with Crippen LogP contribution in [0.1, 0.15) is 57.9 Å². The Morgan fingerprint density at radius 2 is 2.25 bits per heavy atom. The lowest BCUT2D eigenvalue weighted by Gasteiger charge is -2.43. The van der Waals surface area contributed by atoms with E-state index in [9.17, 15) is 0 Å². The molecule has 3 heteroatoms. The van der Waals surface area contributed by atoms with Crippen LogP contribution in [0, 0.1) is 5.92 Å². The molecular weight excluding hydrogens is 264 g/mol. The third-order valence-corrected chi connectivity index (χ3v) is 5.26. The van der Waals surface area contributed by atoms with Gasteiger partial charge in [-0.15, -0.1) is 11.3 Å². The zero-order valence-corrected chi connectivity index (χ0v) is 14.2. The summed E-state index contributed by atoms with van der Waals surface area (Å²) in [4.78, 5) is 4.29. The maximum absolute atomic E-state index is 3.73. The van der Waals surface area contributed by atoms with Gasteiger partial charge in [0, 0.05) is 36.1 Å². The Bertz CT molecular complexity index is 374. The van der Waals surface area contributed by atoms with Gasteiger partial charge in [0.1, 0.15) is 0 Å². The van der Waals surface area contributed by atoms with E-state index in [2.05, 4.69) is 55.4 Å². The summed E-state index contributed by atoms with van der Waals surface area (Å²) in [5.41, 5.74) is 0. The highest BCUT2D eigenvalue weighted by Crippen LogP contribution is 2.32. The van der Waals surface area contributed by atoms with Crippen LogP contribution < -0.4 is 5.32 Å². The van der Waals surface area contributed by atoms with E-state index in [1.165, 1.54) is 25.8 Å². The van der Waals surface area contributed by atoms with Crippen LogP contribution in [0.3, 0.4) is 0 Å². The first-order valence-corrected chi connectivity index (χ1v) is 9.02. The van der Waals surface area contributed by atoms with Gasteiger partial charge in [0.25, 0.3) is 0 Å². The average Bonchev–Trinajstić information content (AvgIpc) is 2.92. The molecule has 0 spiro atoms. The number of hydrogen-bond acceptors (Lipinski definition) is 3. The van der Waals surface area contributed by atoms with Crippen LogP contribution in [0.2, 0.25) is 0 Å². The molecule has 0 radical (unpaired) electrons. The maximum Gasteiger partial charge on any atom is 0.0445 e. The van der Waals surface area contributed by atoms with Crippen LogP contribution in [0.4, 0.5) is 0 Å². The van der Waals surface area contributed by atoms with E-state index < -0.39 is 0 Å². The fourth-order valence-corrected chi connectivity index (χ4v) is 4.22. The van der Waals surface area contributed by atoms with Crippen molar-refractivity contribution in [3.63, 3.8) is 0 Å². The summed E-state index contributed by atoms with van der Waals surface area (Å²) in [6.07, 6.45) is 3.82. The lowest BCUT2D eigenvalue weighted by Crippen LogP contribution is -2.56. The molecule has 1 aliphatic heterocycles. The molecule has 0 amide bonds. The van der Waals surface area contributed by atoms with Crippen molar-refractivity contribution in [2.24, 2.45) is 5.92 Å². The Balaban J connectivity index is 2.09. The third-order valence-electron chi connectivity index (χ3n) is 4.29. The van der Waals surface area contributed by atoms with Gasteiger partial charge in [0.15, 0.2) is 0 Å². The largest absolute Gasteiger partial charge is 0.311 e. The lowest BCUT2D eigenvalue weighted by atomic mass is 9.97. The van der Waals surface area contributed by atoms with E-state index >= 15 is 0 Å². The molecule has 1 aromatic rings. The van der Waals surface area contributed by atoms with Gasteiger partial charge in [-0.05, 0) is 37.1 Å². The smallest absolute Gasteiger partial charge is 0.0445 e. The van der Waals surface area contributed by atoms with Crippen molar-refractivity contribution in [2.45, 2.75) is 65.1 Å². The number of piperazine rings is 1. The summed E-state index contributed by atoms with van der Waals surface area (Å²) >= 11 is 1.92. The Labute approximate surface area is 128 Å². The van der Waals surface area contributed by atoms with Gasteiger partial charge >= 0.3 is 0 Å². The van der Waals surface area contributed by atoms with Gasteiger partial charge in [0.05, 0.1) is 0 Å². The van der Waals surface area contributed by atoms with Crippen LogP contribution >= 0.6 is 11.3 Å². The van der Waals surface area contributed by atoms with Crippen molar-refractivity contribution in [1.82, 2.24) is 10.2 Å². The highest BCUT2D eigenvalue weighted by molar-refractivity contribution is 7.10. The van der Waals surface area contributed by atoms with Crippen LogP contribution in [0.15, 0.2) is 17.5 Å².